The lowest BCUT2D eigenvalue weighted by atomic mass is 9.62. The number of hydrogen-bond acceptors (Lipinski definition) is 5. The molecule has 2 aliphatic carbocycles. The fourth-order valence-electron chi connectivity index (χ4n) is 6.20. The average molecular weight is 552 g/mol. The SMILES string of the molecule is COc1ccc(-n2c(S[C@@H](C)C(=O)Nc3ccccc3)nc3c(c2=O)C2(CCCCC2)Cc2ccccc2-3)cc1. The molecule has 0 aliphatic heterocycles. The number of hydrogen-bond donors (Lipinski definition) is 1. The van der Waals surface area contributed by atoms with Crippen LogP contribution in [-0.2, 0) is 16.6 Å². The quantitative estimate of drug-likeness (QED) is 0.211. The molecule has 1 N–H and O–H groups in total. The standard InChI is InChI=1S/C33H33N3O3S/c1-22(30(37)34-24-12-5-3-6-13-24)40-32-35-29-27-14-8-7-11-23(27)21-33(19-9-4-10-20-33)28(29)31(38)36(32)25-15-17-26(39-2)18-16-25/h3,5-8,11-18,22H,4,9-10,19-21H2,1-2H3,(H,34,37)/t22-/m0/s1. The van der Waals surface area contributed by atoms with Gasteiger partial charge in [-0.1, -0.05) is 73.5 Å². The summed E-state index contributed by atoms with van der Waals surface area (Å²) in [6, 6.07) is 25.2. The summed E-state index contributed by atoms with van der Waals surface area (Å²) in [4.78, 5) is 33.1. The largest absolute Gasteiger partial charge is 0.497 e. The maximum Gasteiger partial charge on any atom is 0.263 e. The Balaban J connectivity index is 1.51. The Morgan fingerprint density at radius 2 is 1.68 bits per heavy atom. The molecule has 40 heavy (non-hydrogen) atoms. The van der Waals surface area contributed by atoms with Gasteiger partial charge in [-0.05, 0) is 68.1 Å². The molecule has 1 aromatic heterocycles. The lowest BCUT2D eigenvalue weighted by Gasteiger charge is -2.42. The maximum absolute atomic E-state index is 14.7. The van der Waals surface area contributed by atoms with E-state index in [1.54, 1.807) is 11.7 Å². The topological polar surface area (TPSA) is 73.2 Å². The number of para-hydroxylation sites is 1. The number of carbonyl (C=O) groups excluding carboxylic acids is 1. The van der Waals surface area contributed by atoms with Crippen LogP contribution in [0.15, 0.2) is 88.8 Å². The number of benzene rings is 3. The minimum absolute atomic E-state index is 0.0373. The molecule has 0 radical (unpaired) electrons. The summed E-state index contributed by atoms with van der Waals surface area (Å²) in [5.74, 6) is 0.568. The van der Waals surface area contributed by atoms with Gasteiger partial charge in [-0.15, -0.1) is 0 Å². The van der Waals surface area contributed by atoms with Gasteiger partial charge in [0.15, 0.2) is 5.16 Å². The van der Waals surface area contributed by atoms with Crippen molar-refractivity contribution in [3.8, 4) is 22.7 Å². The predicted octanol–water partition coefficient (Wildman–Crippen LogP) is 6.79. The molecule has 1 atom stereocenters. The third-order valence-electron chi connectivity index (χ3n) is 8.22. The van der Waals surface area contributed by atoms with Crippen LogP contribution in [0.1, 0.15) is 50.2 Å². The molecule has 7 heteroatoms. The van der Waals surface area contributed by atoms with Crippen molar-refractivity contribution in [2.75, 3.05) is 12.4 Å². The number of carbonyl (C=O) groups is 1. The number of fused-ring (bicyclic) bond motifs is 4. The van der Waals surface area contributed by atoms with E-state index in [2.05, 4.69) is 23.5 Å². The number of ether oxygens (including phenoxy) is 1. The first-order valence-electron chi connectivity index (χ1n) is 13.9. The highest BCUT2D eigenvalue weighted by atomic mass is 32.2. The van der Waals surface area contributed by atoms with E-state index in [9.17, 15) is 9.59 Å². The first-order chi connectivity index (χ1) is 19.5. The highest BCUT2D eigenvalue weighted by molar-refractivity contribution is 8.00. The molecule has 204 valence electrons. The van der Waals surface area contributed by atoms with Crippen LogP contribution in [0.2, 0.25) is 0 Å². The Morgan fingerprint density at radius 1 is 0.975 bits per heavy atom. The Morgan fingerprint density at radius 3 is 2.40 bits per heavy atom. The van der Waals surface area contributed by atoms with E-state index in [0.29, 0.717) is 16.6 Å². The number of methoxy groups -OCH3 is 1. The summed E-state index contributed by atoms with van der Waals surface area (Å²) in [7, 11) is 1.63. The molecule has 6 rings (SSSR count). The van der Waals surface area contributed by atoms with Crippen LogP contribution < -0.4 is 15.6 Å². The van der Waals surface area contributed by atoms with Gasteiger partial charge in [0.05, 0.1) is 29.3 Å². The van der Waals surface area contributed by atoms with Gasteiger partial charge in [-0.2, -0.15) is 0 Å². The van der Waals surface area contributed by atoms with Crippen LogP contribution in [0.3, 0.4) is 0 Å². The third kappa shape index (κ3) is 4.83. The van der Waals surface area contributed by atoms with Crippen LogP contribution in [0.25, 0.3) is 16.9 Å². The molecule has 2 aliphatic rings. The highest BCUT2D eigenvalue weighted by Gasteiger charge is 2.43. The summed E-state index contributed by atoms with van der Waals surface area (Å²) in [6.07, 6.45) is 6.24. The summed E-state index contributed by atoms with van der Waals surface area (Å²) in [6.45, 7) is 1.85. The second-order valence-electron chi connectivity index (χ2n) is 10.7. The van der Waals surface area contributed by atoms with Crippen LogP contribution in [-0.4, -0.2) is 27.8 Å². The normalized spacial score (nSPS) is 16.1. The van der Waals surface area contributed by atoms with E-state index >= 15 is 0 Å². The monoisotopic (exact) mass is 551 g/mol. The summed E-state index contributed by atoms with van der Waals surface area (Å²) < 4.78 is 7.08. The van der Waals surface area contributed by atoms with E-state index < -0.39 is 5.25 Å². The lowest BCUT2D eigenvalue weighted by molar-refractivity contribution is -0.115. The van der Waals surface area contributed by atoms with Gasteiger partial charge >= 0.3 is 0 Å². The Hall–Kier alpha value is -3.84. The van der Waals surface area contributed by atoms with E-state index in [-0.39, 0.29) is 16.9 Å². The van der Waals surface area contributed by atoms with Crippen molar-refractivity contribution in [2.45, 2.75) is 61.3 Å². The summed E-state index contributed by atoms with van der Waals surface area (Å²) >= 11 is 1.31. The first-order valence-corrected chi connectivity index (χ1v) is 14.8. The number of nitrogens with zero attached hydrogens (tertiary/aromatic N) is 2. The highest BCUT2D eigenvalue weighted by Crippen LogP contribution is 2.49. The molecule has 1 fully saturated rings. The fraction of sp³-hybridized carbons (Fsp3) is 0.303. The van der Waals surface area contributed by atoms with Gasteiger partial charge in [0.1, 0.15) is 5.75 Å². The lowest BCUT2D eigenvalue weighted by Crippen LogP contribution is -2.43. The number of anilines is 1. The van der Waals surface area contributed by atoms with Crippen molar-refractivity contribution in [3.63, 3.8) is 0 Å². The van der Waals surface area contributed by atoms with Crippen molar-refractivity contribution in [1.82, 2.24) is 9.55 Å². The molecule has 0 bridgehead atoms. The zero-order valence-electron chi connectivity index (χ0n) is 22.9. The van der Waals surface area contributed by atoms with Crippen molar-refractivity contribution >= 4 is 23.4 Å². The minimum Gasteiger partial charge on any atom is -0.497 e. The minimum atomic E-state index is -0.489. The smallest absolute Gasteiger partial charge is 0.263 e. The second kappa shape index (κ2) is 11.0. The molecule has 1 heterocycles. The van der Waals surface area contributed by atoms with E-state index in [0.717, 1.165) is 54.6 Å². The first kappa shape index (κ1) is 26.4. The molecule has 1 amide bonds. The zero-order chi connectivity index (χ0) is 27.7. The molecule has 6 nitrogen and oxygen atoms in total. The predicted molar refractivity (Wildman–Crippen MR) is 161 cm³/mol. The third-order valence-corrected chi connectivity index (χ3v) is 9.27. The van der Waals surface area contributed by atoms with E-state index in [1.165, 1.54) is 23.7 Å². The van der Waals surface area contributed by atoms with Gasteiger partial charge in [0, 0.05) is 16.7 Å². The van der Waals surface area contributed by atoms with Crippen molar-refractivity contribution in [1.29, 1.82) is 0 Å². The molecule has 1 spiro atoms. The van der Waals surface area contributed by atoms with Gasteiger partial charge in [0.25, 0.3) is 5.56 Å². The number of nitrogens with one attached hydrogen (secondary N) is 1. The van der Waals surface area contributed by atoms with Crippen molar-refractivity contribution < 1.29 is 9.53 Å². The van der Waals surface area contributed by atoms with Crippen LogP contribution in [0, 0.1) is 0 Å². The molecule has 0 saturated heterocycles. The van der Waals surface area contributed by atoms with Crippen molar-refractivity contribution in [2.24, 2.45) is 0 Å². The van der Waals surface area contributed by atoms with Crippen LogP contribution in [0.4, 0.5) is 5.69 Å². The summed E-state index contributed by atoms with van der Waals surface area (Å²) in [5.41, 5.74) is 5.06. The Labute approximate surface area is 238 Å². The molecule has 3 aromatic carbocycles. The van der Waals surface area contributed by atoms with Crippen molar-refractivity contribution in [3.05, 3.63) is 100 Å². The number of aromatic nitrogens is 2. The van der Waals surface area contributed by atoms with Gasteiger partial charge < -0.3 is 10.1 Å². The Bertz CT molecular complexity index is 1590. The number of rotatable bonds is 6. The van der Waals surface area contributed by atoms with Gasteiger partial charge in [-0.3, -0.25) is 14.2 Å². The fourth-order valence-corrected chi connectivity index (χ4v) is 7.12. The average Bonchev–Trinajstić information content (AvgIpc) is 2.98. The molecular weight excluding hydrogens is 518 g/mol. The molecule has 1 saturated carbocycles. The Kier molecular flexibility index (Phi) is 7.24. The number of thioether (sulfide) groups is 1. The maximum atomic E-state index is 14.7. The van der Waals surface area contributed by atoms with Crippen LogP contribution >= 0.6 is 11.8 Å². The van der Waals surface area contributed by atoms with Gasteiger partial charge in [0.2, 0.25) is 5.91 Å². The van der Waals surface area contributed by atoms with E-state index in [4.69, 9.17) is 9.72 Å². The van der Waals surface area contributed by atoms with Crippen LogP contribution in [0.5, 0.6) is 5.75 Å². The summed E-state index contributed by atoms with van der Waals surface area (Å²) in [5, 5.41) is 3.00. The number of amides is 1. The van der Waals surface area contributed by atoms with Gasteiger partial charge in [-0.25, -0.2) is 4.98 Å². The molecule has 4 aromatic rings. The molecule has 0 unspecified atom stereocenters. The zero-order valence-corrected chi connectivity index (χ0v) is 23.7. The van der Waals surface area contributed by atoms with E-state index in [1.807, 2.05) is 67.6 Å². The molecular formula is C33H33N3O3S. The second-order valence-corrected chi connectivity index (χ2v) is 12.1.